The van der Waals surface area contributed by atoms with Gasteiger partial charge in [0.1, 0.15) is 5.01 Å². The van der Waals surface area contributed by atoms with Gasteiger partial charge in [0.25, 0.3) is 0 Å². The second kappa shape index (κ2) is 7.60. The summed E-state index contributed by atoms with van der Waals surface area (Å²) in [6.45, 7) is 5.42. The number of rotatable bonds is 4. The van der Waals surface area contributed by atoms with Gasteiger partial charge in [-0.2, -0.15) is 0 Å². The van der Waals surface area contributed by atoms with Crippen LogP contribution in [0.25, 0.3) is 9.88 Å². The van der Waals surface area contributed by atoms with E-state index < -0.39 is 0 Å². The van der Waals surface area contributed by atoms with Gasteiger partial charge in [-0.05, 0) is 36.1 Å². The molecule has 1 aliphatic heterocycles. The maximum atomic E-state index is 12.6. The average Bonchev–Trinajstić information content (AvgIpc) is 3.33. The molecule has 2 aromatic heterocycles. The van der Waals surface area contributed by atoms with Crippen LogP contribution in [-0.2, 0) is 11.2 Å². The van der Waals surface area contributed by atoms with Crippen molar-refractivity contribution >= 4 is 34.3 Å². The largest absolute Gasteiger partial charge is 0.368 e. The van der Waals surface area contributed by atoms with Gasteiger partial charge in [0.15, 0.2) is 0 Å². The Balaban J connectivity index is 1.34. The standard InChI is InChI=1S/C20H21N3OS2/c1-15-4-2-5-17(12-15)22-7-9-23(10-8-22)19(24)13-16-14-26-20(21-16)18-6-3-11-25-18/h2-6,11-12,14H,7-10,13H2,1H3. The van der Waals surface area contributed by atoms with Crippen molar-refractivity contribution in [2.24, 2.45) is 0 Å². The molecule has 3 heterocycles. The van der Waals surface area contributed by atoms with Gasteiger partial charge in [0.05, 0.1) is 17.0 Å². The summed E-state index contributed by atoms with van der Waals surface area (Å²) >= 11 is 3.30. The van der Waals surface area contributed by atoms with E-state index in [-0.39, 0.29) is 5.91 Å². The third-order valence-corrected chi connectivity index (χ3v) is 6.55. The number of carbonyl (C=O) groups is 1. The third-order valence-electron chi connectivity index (χ3n) is 4.62. The number of aryl methyl sites for hydroxylation is 1. The number of benzene rings is 1. The van der Waals surface area contributed by atoms with E-state index in [0.29, 0.717) is 6.42 Å². The summed E-state index contributed by atoms with van der Waals surface area (Å²) < 4.78 is 0. The zero-order valence-corrected chi connectivity index (χ0v) is 16.4. The molecule has 0 aliphatic carbocycles. The SMILES string of the molecule is Cc1cccc(N2CCN(C(=O)Cc3csc(-c4cccs4)n3)CC2)c1. The van der Waals surface area contributed by atoms with Crippen LogP contribution in [0.2, 0.25) is 0 Å². The van der Waals surface area contributed by atoms with Crippen molar-refractivity contribution in [3.05, 3.63) is 58.4 Å². The lowest BCUT2D eigenvalue weighted by atomic mass is 10.2. The summed E-state index contributed by atoms with van der Waals surface area (Å²) in [6, 6.07) is 12.7. The Kier molecular flexibility index (Phi) is 5.04. The lowest BCUT2D eigenvalue weighted by Crippen LogP contribution is -2.49. The number of aromatic nitrogens is 1. The van der Waals surface area contributed by atoms with E-state index in [1.807, 2.05) is 16.3 Å². The molecule has 6 heteroatoms. The van der Waals surface area contributed by atoms with Gasteiger partial charge in [-0.25, -0.2) is 4.98 Å². The van der Waals surface area contributed by atoms with Crippen molar-refractivity contribution in [1.82, 2.24) is 9.88 Å². The molecule has 1 saturated heterocycles. The molecule has 134 valence electrons. The number of carbonyl (C=O) groups excluding carboxylic acids is 1. The summed E-state index contributed by atoms with van der Waals surface area (Å²) in [5.74, 6) is 0.178. The van der Waals surface area contributed by atoms with Gasteiger partial charge in [0.2, 0.25) is 5.91 Å². The molecule has 1 aromatic carbocycles. The Labute approximate surface area is 161 Å². The number of anilines is 1. The minimum Gasteiger partial charge on any atom is -0.368 e. The van der Waals surface area contributed by atoms with Crippen LogP contribution in [0.5, 0.6) is 0 Å². The van der Waals surface area contributed by atoms with Crippen LogP contribution in [-0.4, -0.2) is 42.0 Å². The van der Waals surface area contributed by atoms with Crippen LogP contribution in [0.3, 0.4) is 0 Å². The average molecular weight is 384 g/mol. The zero-order valence-electron chi connectivity index (χ0n) is 14.7. The molecule has 0 spiro atoms. The van der Waals surface area contributed by atoms with E-state index in [1.54, 1.807) is 22.7 Å². The minimum atomic E-state index is 0.178. The zero-order chi connectivity index (χ0) is 17.9. The van der Waals surface area contributed by atoms with Crippen molar-refractivity contribution in [3.8, 4) is 9.88 Å². The first-order valence-corrected chi connectivity index (χ1v) is 10.5. The highest BCUT2D eigenvalue weighted by Crippen LogP contribution is 2.28. The topological polar surface area (TPSA) is 36.4 Å². The quantitative estimate of drug-likeness (QED) is 0.681. The van der Waals surface area contributed by atoms with Crippen LogP contribution in [0.4, 0.5) is 5.69 Å². The van der Waals surface area contributed by atoms with Crippen LogP contribution in [0.15, 0.2) is 47.2 Å². The highest BCUT2D eigenvalue weighted by Gasteiger charge is 2.22. The fraction of sp³-hybridized carbons (Fsp3) is 0.300. The number of hydrogen-bond acceptors (Lipinski definition) is 5. The molecular formula is C20H21N3OS2. The first-order valence-electron chi connectivity index (χ1n) is 8.77. The normalized spacial score (nSPS) is 14.7. The molecule has 4 rings (SSSR count). The smallest absolute Gasteiger partial charge is 0.228 e. The maximum absolute atomic E-state index is 12.6. The Hall–Kier alpha value is -2.18. The molecule has 4 nitrogen and oxygen atoms in total. The summed E-state index contributed by atoms with van der Waals surface area (Å²) in [5.41, 5.74) is 3.40. The monoisotopic (exact) mass is 383 g/mol. The molecule has 0 saturated carbocycles. The van der Waals surface area contributed by atoms with E-state index in [2.05, 4.69) is 52.5 Å². The molecule has 1 aliphatic rings. The molecule has 26 heavy (non-hydrogen) atoms. The molecule has 1 fully saturated rings. The van der Waals surface area contributed by atoms with Crippen molar-refractivity contribution in [1.29, 1.82) is 0 Å². The predicted molar refractivity (Wildman–Crippen MR) is 109 cm³/mol. The highest BCUT2D eigenvalue weighted by molar-refractivity contribution is 7.20. The van der Waals surface area contributed by atoms with Crippen molar-refractivity contribution in [3.63, 3.8) is 0 Å². The lowest BCUT2D eigenvalue weighted by Gasteiger charge is -2.36. The number of amides is 1. The number of thiophene rings is 1. The second-order valence-corrected chi connectivity index (χ2v) is 8.31. The molecule has 0 radical (unpaired) electrons. The summed E-state index contributed by atoms with van der Waals surface area (Å²) in [5, 5.41) is 5.07. The number of thiazole rings is 1. The Morgan fingerprint density at radius 3 is 2.69 bits per heavy atom. The van der Waals surface area contributed by atoms with Gasteiger partial charge in [-0.1, -0.05) is 18.2 Å². The van der Waals surface area contributed by atoms with E-state index in [9.17, 15) is 4.79 Å². The van der Waals surface area contributed by atoms with Gasteiger partial charge in [0, 0.05) is 37.2 Å². The van der Waals surface area contributed by atoms with Crippen molar-refractivity contribution < 1.29 is 4.79 Å². The number of piperazine rings is 1. The van der Waals surface area contributed by atoms with Gasteiger partial charge >= 0.3 is 0 Å². The van der Waals surface area contributed by atoms with Gasteiger partial charge in [-0.3, -0.25) is 4.79 Å². The molecule has 3 aromatic rings. The van der Waals surface area contributed by atoms with Gasteiger partial charge in [-0.15, -0.1) is 22.7 Å². The molecule has 0 atom stereocenters. The van der Waals surface area contributed by atoms with E-state index >= 15 is 0 Å². The van der Waals surface area contributed by atoms with E-state index in [0.717, 1.165) is 36.9 Å². The summed E-state index contributed by atoms with van der Waals surface area (Å²) in [4.78, 5) is 22.8. The molecule has 1 amide bonds. The molecular weight excluding hydrogens is 362 g/mol. The summed E-state index contributed by atoms with van der Waals surface area (Å²) in [7, 11) is 0. The van der Waals surface area contributed by atoms with Crippen molar-refractivity contribution in [2.45, 2.75) is 13.3 Å². The fourth-order valence-electron chi connectivity index (χ4n) is 3.21. The number of hydrogen-bond donors (Lipinski definition) is 0. The third kappa shape index (κ3) is 3.81. The molecule has 0 unspecified atom stereocenters. The van der Waals surface area contributed by atoms with Crippen LogP contribution < -0.4 is 4.90 Å². The van der Waals surface area contributed by atoms with E-state index in [4.69, 9.17) is 0 Å². The predicted octanol–water partition coefficient (Wildman–Crippen LogP) is 4.07. The number of nitrogens with zero attached hydrogens (tertiary/aromatic N) is 3. The first kappa shape index (κ1) is 17.2. The van der Waals surface area contributed by atoms with Gasteiger partial charge < -0.3 is 9.80 Å². The van der Waals surface area contributed by atoms with Crippen molar-refractivity contribution in [2.75, 3.05) is 31.1 Å². The lowest BCUT2D eigenvalue weighted by molar-refractivity contribution is -0.130. The maximum Gasteiger partial charge on any atom is 0.228 e. The van der Waals surface area contributed by atoms with Crippen LogP contribution in [0, 0.1) is 6.92 Å². The Morgan fingerprint density at radius 1 is 1.12 bits per heavy atom. The summed E-state index contributed by atoms with van der Waals surface area (Å²) in [6.07, 6.45) is 0.395. The Bertz CT molecular complexity index is 880. The minimum absolute atomic E-state index is 0.178. The van der Waals surface area contributed by atoms with Crippen LogP contribution >= 0.6 is 22.7 Å². The second-order valence-electron chi connectivity index (χ2n) is 6.50. The van der Waals surface area contributed by atoms with E-state index in [1.165, 1.54) is 16.1 Å². The first-order chi connectivity index (χ1) is 12.7. The Morgan fingerprint density at radius 2 is 1.96 bits per heavy atom. The molecule has 0 N–H and O–H groups in total. The highest BCUT2D eigenvalue weighted by atomic mass is 32.1. The fourth-order valence-corrected chi connectivity index (χ4v) is 4.84. The van der Waals surface area contributed by atoms with Crippen LogP contribution in [0.1, 0.15) is 11.3 Å². The molecule has 0 bridgehead atoms.